The minimum atomic E-state index is 0.0242. The van der Waals surface area contributed by atoms with Gasteiger partial charge in [0.05, 0.1) is 0 Å². The second-order valence-electron chi connectivity index (χ2n) is 8.47. The highest BCUT2D eigenvalue weighted by molar-refractivity contribution is 6.04. The summed E-state index contributed by atoms with van der Waals surface area (Å²) in [6.07, 6.45) is 3.62. The molecule has 2 aliphatic carbocycles. The van der Waals surface area contributed by atoms with Gasteiger partial charge in [-0.05, 0) is 23.7 Å². The first-order valence-electron chi connectivity index (χ1n) is 7.84. The summed E-state index contributed by atoms with van der Waals surface area (Å²) >= 11 is 0. The molecule has 0 saturated heterocycles. The van der Waals surface area contributed by atoms with Crippen molar-refractivity contribution < 1.29 is 9.59 Å². The predicted molar refractivity (Wildman–Crippen MR) is 82.5 cm³/mol. The molecule has 3 rings (SSSR count). The van der Waals surface area contributed by atoms with Crippen molar-refractivity contribution >= 4 is 11.6 Å². The van der Waals surface area contributed by atoms with Gasteiger partial charge in [0, 0.05) is 48.9 Å². The lowest BCUT2D eigenvalue weighted by atomic mass is 9.69. The Kier molecular flexibility index (Phi) is 2.99. The number of carbonyl (C=O) groups excluding carboxylic acids is 2. The molecule has 0 bridgehead atoms. The zero-order valence-corrected chi connectivity index (χ0v) is 13.8. The standard InChI is InChI=1S/C18H25NO2/c1-17(2)7-13-11(15(20)9-17)6-12-14(19(13)5)8-18(3,4)10-16(12)21/h6-10H2,1-5H3. The van der Waals surface area contributed by atoms with Gasteiger partial charge in [-0.3, -0.25) is 9.59 Å². The second kappa shape index (κ2) is 4.31. The molecule has 0 aromatic rings. The molecule has 0 unspecified atom stereocenters. The fraction of sp³-hybridized carbons (Fsp3) is 0.667. The lowest BCUT2D eigenvalue weighted by molar-refractivity contribution is -0.119. The van der Waals surface area contributed by atoms with E-state index in [1.54, 1.807) is 0 Å². The molecule has 0 amide bonds. The Morgan fingerprint density at radius 3 is 1.52 bits per heavy atom. The first kappa shape index (κ1) is 14.6. The molecule has 0 atom stereocenters. The van der Waals surface area contributed by atoms with Gasteiger partial charge in [0.1, 0.15) is 0 Å². The van der Waals surface area contributed by atoms with Crippen LogP contribution < -0.4 is 0 Å². The Balaban J connectivity index is 2.03. The summed E-state index contributed by atoms with van der Waals surface area (Å²) in [5.74, 6) is 0.467. The van der Waals surface area contributed by atoms with Crippen molar-refractivity contribution in [1.82, 2.24) is 4.90 Å². The molecule has 3 nitrogen and oxygen atoms in total. The Bertz CT molecular complexity index is 553. The van der Waals surface area contributed by atoms with Gasteiger partial charge >= 0.3 is 0 Å². The van der Waals surface area contributed by atoms with Crippen molar-refractivity contribution in [1.29, 1.82) is 0 Å². The van der Waals surface area contributed by atoms with Crippen LogP contribution in [-0.2, 0) is 9.59 Å². The average Bonchev–Trinajstić information content (AvgIpc) is 2.30. The van der Waals surface area contributed by atoms with Gasteiger partial charge in [0.15, 0.2) is 11.6 Å². The van der Waals surface area contributed by atoms with E-state index in [2.05, 4.69) is 32.6 Å². The van der Waals surface area contributed by atoms with E-state index in [0.29, 0.717) is 19.3 Å². The van der Waals surface area contributed by atoms with Crippen molar-refractivity contribution in [2.75, 3.05) is 7.05 Å². The molecular weight excluding hydrogens is 262 g/mol. The largest absolute Gasteiger partial charge is 0.351 e. The lowest BCUT2D eigenvalue weighted by Crippen LogP contribution is -2.40. The van der Waals surface area contributed by atoms with Gasteiger partial charge in [0.25, 0.3) is 0 Å². The topological polar surface area (TPSA) is 37.4 Å². The van der Waals surface area contributed by atoms with Crippen LogP contribution in [0.25, 0.3) is 0 Å². The summed E-state index contributed by atoms with van der Waals surface area (Å²) in [5.41, 5.74) is 4.14. The predicted octanol–water partition coefficient (Wildman–Crippen LogP) is 3.61. The normalized spacial score (nSPS) is 27.8. The van der Waals surface area contributed by atoms with Gasteiger partial charge in [0.2, 0.25) is 0 Å². The van der Waals surface area contributed by atoms with Crippen LogP contribution in [0.3, 0.4) is 0 Å². The highest BCUT2D eigenvalue weighted by Gasteiger charge is 2.42. The van der Waals surface area contributed by atoms with E-state index >= 15 is 0 Å². The number of ketones is 2. The van der Waals surface area contributed by atoms with Crippen molar-refractivity contribution in [3.8, 4) is 0 Å². The fourth-order valence-corrected chi connectivity index (χ4v) is 4.03. The highest BCUT2D eigenvalue weighted by atomic mass is 16.1. The zero-order chi connectivity index (χ0) is 15.6. The Hall–Kier alpha value is -1.38. The van der Waals surface area contributed by atoms with Crippen molar-refractivity contribution in [2.45, 2.75) is 59.8 Å². The summed E-state index contributed by atoms with van der Waals surface area (Å²) in [4.78, 5) is 27.1. The molecule has 0 aromatic heterocycles. The third-order valence-electron chi connectivity index (χ3n) is 5.10. The molecule has 3 aliphatic rings. The molecule has 0 spiro atoms. The highest BCUT2D eigenvalue weighted by Crippen LogP contribution is 2.48. The molecule has 1 heterocycles. The van der Waals surface area contributed by atoms with E-state index in [9.17, 15) is 9.59 Å². The van der Waals surface area contributed by atoms with E-state index < -0.39 is 0 Å². The number of hydrogen-bond acceptors (Lipinski definition) is 3. The van der Waals surface area contributed by atoms with E-state index in [0.717, 1.165) is 35.4 Å². The summed E-state index contributed by atoms with van der Waals surface area (Å²) in [6, 6.07) is 0. The molecule has 0 saturated carbocycles. The monoisotopic (exact) mass is 287 g/mol. The van der Waals surface area contributed by atoms with Gasteiger partial charge in [-0.2, -0.15) is 0 Å². The van der Waals surface area contributed by atoms with Crippen LogP contribution in [0.2, 0.25) is 0 Å². The maximum absolute atomic E-state index is 12.5. The van der Waals surface area contributed by atoms with Crippen LogP contribution in [0.1, 0.15) is 59.8 Å². The minimum Gasteiger partial charge on any atom is -0.351 e. The molecular formula is C18H25NO2. The summed E-state index contributed by atoms with van der Waals surface area (Å²) < 4.78 is 0. The molecule has 114 valence electrons. The maximum atomic E-state index is 12.5. The first-order chi connectivity index (χ1) is 9.60. The fourth-order valence-electron chi connectivity index (χ4n) is 4.03. The second-order valence-corrected chi connectivity index (χ2v) is 8.47. The third kappa shape index (κ3) is 2.37. The van der Waals surface area contributed by atoms with Gasteiger partial charge in [-0.25, -0.2) is 0 Å². The van der Waals surface area contributed by atoms with Gasteiger partial charge in [-0.15, -0.1) is 0 Å². The van der Waals surface area contributed by atoms with Crippen LogP contribution in [0.4, 0.5) is 0 Å². The van der Waals surface area contributed by atoms with E-state index in [1.807, 2.05) is 7.05 Å². The third-order valence-corrected chi connectivity index (χ3v) is 5.10. The smallest absolute Gasteiger partial charge is 0.161 e. The van der Waals surface area contributed by atoms with Crippen LogP contribution in [0, 0.1) is 10.8 Å². The molecule has 0 aromatic carbocycles. The Morgan fingerprint density at radius 2 is 1.14 bits per heavy atom. The van der Waals surface area contributed by atoms with E-state index in [1.165, 1.54) is 0 Å². The first-order valence-corrected chi connectivity index (χ1v) is 7.84. The van der Waals surface area contributed by atoms with Crippen LogP contribution in [0.15, 0.2) is 22.5 Å². The molecule has 0 N–H and O–H groups in total. The van der Waals surface area contributed by atoms with Crippen molar-refractivity contribution in [2.24, 2.45) is 10.8 Å². The summed E-state index contributed by atoms with van der Waals surface area (Å²) in [5, 5.41) is 0. The van der Waals surface area contributed by atoms with Crippen LogP contribution in [-0.4, -0.2) is 23.5 Å². The van der Waals surface area contributed by atoms with Crippen LogP contribution in [0.5, 0.6) is 0 Å². The van der Waals surface area contributed by atoms with Gasteiger partial charge in [-0.1, -0.05) is 27.7 Å². The molecule has 3 heteroatoms. The quantitative estimate of drug-likeness (QED) is 0.683. The molecule has 0 radical (unpaired) electrons. The van der Waals surface area contributed by atoms with Crippen molar-refractivity contribution in [3.05, 3.63) is 22.5 Å². The number of rotatable bonds is 0. The molecule has 1 aliphatic heterocycles. The number of hydrogen-bond donors (Lipinski definition) is 0. The number of Topliss-reactive ketones (excluding diaryl/α,β-unsaturated/α-hetero) is 2. The number of allylic oxidation sites excluding steroid dienone is 4. The Labute approximate surface area is 127 Å². The number of nitrogens with zero attached hydrogens (tertiary/aromatic N) is 1. The zero-order valence-electron chi connectivity index (χ0n) is 13.8. The maximum Gasteiger partial charge on any atom is 0.161 e. The van der Waals surface area contributed by atoms with Crippen molar-refractivity contribution in [3.63, 3.8) is 0 Å². The summed E-state index contributed by atoms with van der Waals surface area (Å²) in [6.45, 7) is 8.62. The Morgan fingerprint density at radius 1 is 0.762 bits per heavy atom. The summed E-state index contributed by atoms with van der Waals surface area (Å²) in [7, 11) is 2.03. The number of carbonyl (C=O) groups is 2. The molecule has 0 fully saturated rings. The lowest BCUT2D eigenvalue weighted by Gasteiger charge is -2.45. The van der Waals surface area contributed by atoms with E-state index in [-0.39, 0.29) is 22.4 Å². The van der Waals surface area contributed by atoms with E-state index in [4.69, 9.17) is 0 Å². The minimum absolute atomic E-state index is 0.0242. The van der Waals surface area contributed by atoms with Gasteiger partial charge < -0.3 is 4.90 Å². The van der Waals surface area contributed by atoms with Crippen LogP contribution >= 0.6 is 0 Å². The average molecular weight is 287 g/mol. The molecule has 21 heavy (non-hydrogen) atoms. The SMILES string of the molecule is CN1C2=C(CC3=C1CC(C)(C)CC3=O)C(=O)CC(C)(C)C2.